The Hall–Kier alpha value is -6.94. The zero-order chi connectivity index (χ0) is 40.4. The van der Waals surface area contributed by atoms with Gasteiger partial charge in [0, 0.05) is 26.5 Å². The highest BCUT2D eigenvalue weighted by Crippen LogP contribution is 2.33. The topological polar surface area (TPSA) is 128 Å². The number of aromatic nitrogens is 6. The predicted octanol–water partition coefficient (Wildman–Crippen LogP) is 10.3. The minimum absolute atomic E-state index is 0.00967. The van der Waals surface area contributed by atoms with Crippen LogP contribution in [0.3, 0.4) is 0 Å². The van der Waals surface area contributed by atoms with Crippen molar-refractivity contribution in [3.63, 3.8) is 0 Å². The molecule has 0 saturated heterocycles. The van der Waals surface area contributed by atoms with E-state index in [9.17, 15) is 0 Å². The van der Waals surface area contributed by atoms with Gasteiger partial charge >= 0.3 is 0 Å². The van der Waals surface area contributed by atoms with E-state index in [1.165, 1.54) is 38.9 Å². The average molecular weight is 769 g/mol. The Morgan fingerprint density at radius 1 is 0.500 bits per heavy atom. The first-order valence-electron chi connectivity index (χ1n) is 19.5. The summed E-state index contributed by atoms with van der Waals surface area (Å²) in [5.41, 5.74) is 11.5. The smallest absolute Gasteiger partial charge is 0.234 e. The predicted molar refractivity (Wildman–Crippen MR) is 230 cm³/mol. The summed E-state index contributed by atoms with van der Waals surface area (Å²) in [7, 11) is 3.67. The fraction of sp³-hybridized carbons (Fsp3) is 0.208. The van der Waals surface area contributed by atoms with Crippen molar-refractivity contribution < 1.29 is 9.05 Å². The van der Waals surface area contributed by atoms with Crippen LogP contribution in [0.4, 0.5) is 11.6 Å². The Morgan fingerprint density at radius 3 is 1.55 bits per heavy atom. The van der Waals surface area contributed by atoms with Gasteiger partial charge in [-0.25, -0.2) is 9.97 Å². The summed E-state index contributed by atoms with van der Waals surface area (Å²) in [5.74, 6) is 3.71. The maximum atomic E-state index is 5.82. The normalized spacial score (nSPS) is 12.0. The van der Waals surface area contributed by atoms with Gasteiger partial charge in [-0.15, -0.1) is 0 Å². The molecule has 10 heteroatoms. The van der Waals surface area contributed by atoms with Crippen LogP contribution in [0, 0.1) is 27.7 Å². The van der Waals surface area contributed by atoms with E-state index < -0.39 is 0 Å². The molecule has 0 bridgehead atoms. The molecule has 4 heterocycles. The van der Waals surface area contributed by atoms with Gasteiger partial charge in [-0.3, -0.25) is 0 Å². The maximum Gasteiger partial charge on any atom is 0.234 e. The van der Waals surface area contributed by atoms with E-state index in [4.69, 9.17) is 19.0 Å². The molecule has 2 N–H and O–H groups in total. The van der Waals surface area contributed by atoms with Crippen molar-refractivity contribution in [1.29, 1.82) is 0 Å². The van der Waals surface area contributed by atoms with Crippen molar-refractivity contribution >= 4 is 11.6 Å². The van der Waals surface area contributed by atoms with E-state index in [1.54, 1.807) is 12.4 Å². The molecule has 58 heavy (non-hydrogen) atoms. The summed E-state index contributed by atoms with van der Waals surface area (Å²) >= 11 is 0. The highest BCUT2D eigenvalue weighted by molar-refractivity contribution is 5.70. The first kappa shape index (κ1) is 39.3. The van der Waals surface area contributed by atoms with E-state index in [1.807, 2.05) is 74.8 Å². The van der Waals surface area contributed by atoms with Crippen LogP contribution < -0.4 is 10.6 Å². The molecule has 2 unspecified atom stereocenters. The Kier molecular flexibility index (Phi) is 12.4. The molecule has 8 rings (SSSR count). The summed E-state index contributed by atoms with van der Waals surface area (Å²) in [4.78, 5) is 18.2. The molecular formula is C48H48N8O2. The third-order valence-corrected chi connectivity index (χ3v) is 10.2. The van der Waals surface area contributed by atoms with Gasteiger partial charge in [0.15, 0.2) is 0 Å². The summed E-state index contributed by atoms with van der Waals surface area (Å²) in [6.07, 6.45) is 5.06. The lowest BCUT2D eigenvalue weighted by Gasteiger charge is -2.16. The van der Waals surface area contributed by atoms with Crippen LogP contribution in [-0.4, -0.2) is 44.3 Å². The van der Waals surface area contributed by atoms with Crippen molar-refractivity contribution in [2.45, 2.75) is 52.4 Å². The lowest BCUT2D eigenvalue weighted by Crippen LogP contribution is -2.07. The van der Waals surface area contributed by atoms with Crippen LogP contribution in [-0.2, 0) is 12.8 Å². The van der Waals surface area contributed by atoms with Crippen LogP contribution in [0.25, 0.3) is 22.8 Å². The van der Waals surface area contributed by atoms with Crippen molar-refractivity contribution in [2.75, 3.05) is 24.7 Å². The van der Waals surface area contributed by atoms with E-state index in [0.29, 0.717) is 23.4 Å². The number of rotatable bonds is 12. The van der Waals surface area contributed by atoms with E-state index in [2.05, 4.69) is 119 Å². The number of benzene rings is 4. The third-order valence-electron chi connectivity index (χ3n) is 10.2. The molecule has 0 aliphatic rings. The van der Waals surface area contributed by atoms with Gasteiger partial charge in [0.05, 0.1) is 23.0 Å². The van der Waals surface area contributed by atoms with Gasteiger partial charge in [0.1, 0.15) is 11.6 Å². The molecule has 4 aromatic heterocycles. The fourth-order valence-corrected chi connectivity index (χ4v) is 7.15. The molecule has 8 aromatic rings. The summed E-state index contributed by atoms with van der Waals surface area (Å²) in [6, 6.07) is 41.5. The zero-order valence-electron chi connectivity index (χ0n) is 33.8. The van der Waals surface area contributed by atoms with Gasteiger partial charge in [-0.2, -0.15) is 9.97 Å². The number of hydrogen-bond acceptors (Lipinski definition) is 10. The number of anilines is 2. The van der Waals surface area contributed by atoms with Crippen molar-refractivity contribution in [3.05, 3.63) is 190 Å². The summed E-state index contributed by atoms with van der Waals surface area (Å²) in [6.45, 7) is 8.53. The Bertz CT molecular complexity index is 2550. The standard InChI is InChI=1S/C26H28N4O.C22H20N4O/c1-16-11-17(2)13-21(12-16)23(15-20-9-8-18(3)19(4)14-20)26-29-25(30-31-26)22-7-6-10-28-24(22)27-5;1-23-20-18(13-8-14-24-20)21-25-22(27-26-21)19(17-11-6-3-7-12-17)15-16-9-4-2-5-10-16/h6-14,23H,15H2,1-5H3,(H,27,28);2-14,19H,15H2,1H3,(H,23,24). The van der Waals surface area contributed by atoms with Crippen molar-refractivity contribution in [3.8, 4) is 22.8 Å². The second kappa shape index (κ2) is 18.3. The molecule has 4 aromatic carbocycles. The largest absolute Gasteiger partial charge is 0.373 e. The molecule has 292 valence electrons. The summed E-state index contributed by atoms with van der Waals surface area (Å²) < 4.78 is 11.5. The zero-order valence-corrected chi connectivity index (χ0v) is 33.8. The van der Waals surface area contributed by atoms with Gasteiger partial charge in [0.25, 0.3) is 0 Å². The Morgan fingerprint density at radius 2 is 1.02 bits per heavy atom. The van der Waals surface area contributed by atoms with E-state index in [0.717, 1.165) is 41.2 Å². The lowest BCUT2D eigenvalue weighted by molar-refractivity contribution is 0.365. The van der Waals surface area contributed by atoms with Gasteiger partial charge in [0.2, 0.25) is 23.4 Å². The van der Waals surface area contributed by atoms with Crippen LogP contribution >= 0.6 is 0 Å². The Balaban J connectivity index is 0.000000178. The minimum atomic E-state index is -0.0309. The molecule has 0 amide bonds. The number of hydrogen-bond donors (Lipinski definition) is 2. The Labute approximate surface area is 339 Å². The van der Waals surface area contributed by atoms with Crippen LogP contribution in [0.2, 0.25) is 0 Å². The lowest BCUT2D eigenvalue weighted by atomic mass is 9.89. The van der Waals surface area contributed by atoms with Crippen LogP contribution in [0.1, 0.15) is 68.1 Å². The quantitative estimate of drug-likeness (QED) is 0.124. The van der Waals surface area contributed by atoms with Crippen LogP contribution in [0.5, 0.6) is 0 Å². The maximum absolute atomic E-state index is 5.82. The molecule has 0 radical (unpaired) electrons. The van der Waals surface area contributed by atoms with Crippen molar-refractivity contribution in [2.24, 2.45) is 0 Å². The monoisotopic (exact) mass is 768 g/mol. The molecule has 0 saturated carbocycles. The van der Waals surface area contributed by atoms with Crippen LogP contribution in [0.15, 0.2) is 143 Å². The third kappa shape index (κ3) is 9.35. The number of aryl methyl sites for hydroxylation is 4. The number of pyridine rings is 2. The second-order valence-corrected chi connectivity index (χ2v) is 14.5. The molecule has 10 nitrogen and oxygen atoms in total. The second-order valence-electron chi connectivity index (χ2n) is 14.5. The van der Waals surface area contributed by atoms with E-state index in [-0.39, 0.29) is 11.8 Å². The first-order chi connectivity index (χ1) is 28.3. The highest BCUT2D eigenvalue weighted by Gasteiger charge is 2.25. The molecule has 0 aliphatic carbocycles. The van der Waals surface area contributed by atoms with Gasteiger partial charge in [-0.05, 0) is 98.2 Å². The van der Waals surface area contributed by atoms with Crippen molar-refractivity contribution in [1.82, 2.24) is 30.2 Å². The molecule has 0 spiro atoms. The molecule has 0 aliphatic heterocycles. The minimum Gasteiger partial charge on any atom is -0.373 e. The first-order valence-corrected chi connectivity index (χ1v) is 19.5. The fourth-order valence-electron chi connectivity index (χ4n) is 7.15. The average Bonchev–Trinajstić information content (AvgIpc) is 3.95. The highest BCUT2D eigenvalue weighted by atomic mass is 16.5. The number of nitrogens with one attached hydrogen (secondary N) is 2. The molecular weight excluding hydrogens is 721 g/mol. The van der Waals surface area contributed by atoms with Gasteiger partial charge < -0.3 is 19.7 Å². The molecule has 2 atom stereocenters. The summed E-state index contributed by atoms with van der Waals surface area (Å²) in [5, 5.41) is 14.7. The SMILES string of the molecule is CNc1ncccc1-c1noc(C(Cc2ccc(C)c(C)c2)c2cc(C)cc(C)c2)n1.CNc1ncccc1-c1noc(C(Cc2ccccc2)c2ccccc2)n1. The van der Waals surface area contributed by atoms with E-state index >= 15 is 0 Å². The number of nitrogens with zero attached hydrogens (tertiary/aromatic N) is 6. The van der Waals surface area contributed by atoms with Gasteiger partial charge in [-0.1, -0.05) is 119 Å². The molecule has 0 fully saturated rings.